The van der Waals surface area contributed by atoms with Gasteiger partial charge in [-0.15, -0.1) is 11.3 Å². The van der Waals surface area contributed by atoms with Crippen LogP contribution in [0.1, 0.15) is 18.2 Å². The van der Waals surface area contributed by atoms with Gasteiger partial charge in [0.1, 0.15) is 0 Å². The van der Waals surface area contributed by atoms with Crippen molar-refractivity contribution in [1.82, 2.24) is 4.31 Å². The Labute approximate surface area is 107 Å². The molecule has 0 unspecified atom stereocenters. The maximum Gasteiger partial charge on any atom is 0.214 e. The summed E-state index contributed by atoms with van der Waals surface area (Å²) in [4.78, 5) is 1.21. The molecule has 0 aliphatic carbocycles. The number of aryl methyl sites for hydroxylation is 1. The first kappa shape index (κ1) is 14.6. The molecule has 0 saturated heterocycles. The van der Waals surface area contributed by atoms with E-state index in [0.29, 0.717) is 6.42 Å². The van der Waals surface area contributed by atoms with Crippen molar-refractivity contribution in [3.05, 3.63) is 22.4 Å². The Morgan fingerprint density at radius 3 is 2.76 bits per heavy atom. The number of sulfonamides is 1. The highest BCUT2D eigenvalue weighted by atomic mass is 32.2. The van der Waals surface area contributed by atoms with Crippen molar-refractivity contribution in [2.45, 2.75) is 25.8 Å². The molecule has 1 rings (SSSR count). The van der Waals surface area contributed by atoms with E-state index in [2.05, 4.69) is 0 Å². The van der Waals surface area contributed by atoms with Gasteiger partial charge in [-0.2, -0.15) is 4.31 Å². The van der Waals surface area contributed by atoms with Gasteiger partial charge in [-0.1, -0.05) is 6.07 Å². The van der Waals surface area contributed by atoms with Crippen molar-refractivity contribution in [3.8, 4) is 0 Å². The molecule has 1 heterocycles. The number of aliphatic hydroxyl groups excluding tert-OH is 1. The molecule has 1 atom stereocenters. The minimum absolute atomic E-state index is 0.131. The molecule has 0 aromatic carbocycles. The second-order valence-electron chi connectivity index (χ2n) is 4.05. The van der Waals surface area contributed by atoms with E-state index in [0.717, 1.165) is 6.42 Å². The Hall–Kier alpha value is -0.430. The first-order chi connectivity index (χ1) is 7.97. The summed E-state index contributed by atoms with van der Waals surface area (Å²) in [6.07, 6.45) is 1.41. The molecular formula is C11H19NO3S2. The molecule has 0 aliphatic rings. The Morgan fingerprint density at radius 1 is 1.53 bits per heavy atom. The molecule has 6 heteroatoms. The van der Waals surface area contributed by atoms with Gasteiger partial charge < -0.3 is 5.11 Å². The standard InChI is InChI=1S/C11H19NO3S2/c1-10(9-13)12(2)17(14,15)8-4-6-11-5-3-7-16-11/h3,5,7,10,13H,4,6,8-9H2,1-2H3/t10-/m1/s1. The molecule has 0 aliphatic heterocycles. The number of nitrogens with zero attached hydrogens (tertiary/aromatic N) is 1. The summed E-state index contributed by atoms with van der Waals surface area (Å²) in [5, 5.41) is 10.9. The van der Waals surface area contributed by atoms with Crippen LogP contribution in [0.25, 0.3) is 0 Å². The van der Waals surface area contributed by atoms with Crippen LogP contribution in [0.4, 0.5) is 0 Å². The van der Waals surface area contributed by atoms with Gasteiger partial charge in [-0.3, -0.25) is 0 Å². The first-order valence-corrected chi connectivity index (χ1v) is 8.05. The van der Waals surface area contributed by atoms with Gasteiger partial charge in [-0.05, 0) is 31.2 Å². The van der Waals surface area contributed by atoms with Crippen LogP contribution in [0, 0.1) is 0 Å². The van der Waals surface area contributed by atoms with Crippen LogP contribution < -0.4 is 0 Å². The minimum Gasteiger partial charge on any atom is -0.395 e. The molecule has 1 aromatic heterocycles. The molecule has 0 radical (unpaired) electrons. The van der Waals surface area contributed by atoms with E-state index in [1.54, 1.807) is 18.3 Å². The highest BCUT2D eigenvalue weighted by Crippen LogP contribution is 2.13. The Kier molecular flexibility index (Phi) is 5.58. The van der Waals surface area contributed by atoms with Crippen LogP contribution in [-0.2, 0) is 16.4 Å². The lowest BCUT2D eigenvalue weighted by atomic mass is 10.3. The summed E-state index contributed by atoms with van der Waals surface area (Å²) in [6.45, 7) is 1.54. The third-order valence-electron chi connectivity index (χ3n) is 2.73. The van der Waals surface area contributed by atoms with E-state index in [1.807, 2.05) is 17.5 Å². The van der Waals surface area contributed by atoms with E-state index in [9.17, 15) is 8.42 Å². The van der Waals surface area contributed by atoms with Gasteiger partial charge in [0.05, 0.1) is 12.4 Å². The van der Waals surface area contributed by atoms with Crippen molar-refractivity contribution < 1.29 is 13.5 Å². The summed E-state index contributed by atoms with van der Waals surface area (Å²) < 4.78 is 25.0. The number of hydrogen-bond acceptors (Lipinski definition) is 4. The van der Waals surface area contributed by atoms with E-state index in [-0.39, 0.29) is 18.4 Å². The SMILES string of the molecule is C[C@H](CO)N(C)S(=O)(=O)CCCc1cccs1. The molecule has 0 saturated carbocycles. The minimum atomic E-state index is -3.25. The number of thiophene rings is 1. The maximum atomic E-state index is 11.9. The second-order valence-corrected chi connectivity index (χ2v) is 7.23. The van der Waals surface area contributed by atoms with Crippen molar-refractivity contribution in [3.63, 3.8) is 0 Å². The molecule has 1 N–H and O–H groups in total. The zero-order chi connectivity index (χ0) is 12.9. The maximum absolute atomic E-state index is 11.9. The lowest BCUT2D eigenvalue weighted by Gasteiger charge is -2.22. The third kappa shape index (κ3) is 4.39. The number of hydrogen-bond donors (Lipinski definition) is 1. The zero-order valence-corrected chi connectivity index (χ0v) is 11.8. The average molecular weight is 277 g/mol. The molecule has 0 amide bonds. The van der Waals surface area contributed by atoms with E-state index < -0.39 is 10.0 Å². The summed E-state index contributed by atoms with van der Waals surface area (Å²) in [6, 6.07) is 3.62. The van der Waals surface area contributed by atoms with Crippen molar-refractivity contribution >= 4 is 21.4 Å². The zero-order valence-electron chi connectivity index (χ0n) is 10.2. The van der Waals surface area contributed by atoms with Crippen LogP contribution in [0.5, 0.6) is 0 Å². The van der Waals surface area contributed by atoms with Crippen LogP contribution in [0.15, 0.2) is 17.5 Å². The number of aliphatic hydroxyl groups is 1. The topological polar surface area (TPSA) is 57.6 Å². The van der Waals surface area contributed by atoms with Crippen molar-refractivity contribution in [2.75, 3.05) is 19.4 Å². The summed E-state index contributed by atoms with van der Waals surface area (Å²) in [5.74, 6) is 0.131. The first-order valence-electron chi connectivity index (χ1n) is 5.56. The molecule has 0 fully saturated rings. The Bertz CT molecular complexity index is 414. The number of rotatable bonds is 7. The van der Waals surface area contributed by atoms with Gasteiger partial charge >= 0.3 is 0 Å². The van der Waals surface area contributed by atoms with Gasteiger partial charge in [-0.25, -0.2) is 8.42 Å². The smallest absolute Gasteiger partial charge is 0.214 e. The Morgan fingerprint density at radius 2 is 2.24 bits per heavy atom. The van der Waals surface area contributed by atoms with Crippen LogP contribution >= 0.6 is 11.3 Å². The van der Waals surface area contributed by atoms with Crippen LogP contribution in [0.2, 0.25) is 0 Å². The quantitative estimate of drug-likeness (QED) is 0.818. The van der Waals surface area contributed by atoms with Gasteiger partial charge in [0.25, 0.3) is 0 Å². The summed E-state index contributed by atoms with van der Waals surface area (Å²) in [7, 11) is -1.73. The van der Waals surface area contributed by atoms with Gasteiger partial charge in [0, 0.05) is 18.0 Å². The van der Waals surface area contributed by atoms with E-state index in [1.165, 1.54) is 16.2 Å². The van der Waals surface area contributed by atoms with Crippen LogP contribution in [-0.4, -0.2) is 43.3 Å². The van der Waals surface area contributed by atoms with Crippen LogP contribution in [0.3, 0.4) is 0 Å². The predicted molar refractivity (Wildman–Crippen MR) is 70.7 cm³/mol. The molecule has 1 aromatic rings. The highest BCUT2D eigenvalue weighted by molar-refractivity contribution is 7.89. The summed E-state index contributed by atoms with van der Waals surface area (Å²) in [5.41, 5.74) is 0. The summed E-state index contributed by atoms with van der Waals surface area (Å²) >= 11 is 1.64. The fourth-order valence-corrected chi connectivity index (χ4v) is 3.58. The van der Waals surface area contributed by atoms with E-state index in [4.69, 9.17) is 5.11 Å². The molecule has 4 nitrogen and oxygen atoms in total. The fourth-order valence-electron chi connectivity index (χ4n) is 1.42. The predicted octanol–water partition coefficient (Wildman–Crippen LogP) is 1.32. The lowest BCUT2D eigenvalue weighted by Crippen LogP contribution is -2.38. The van der Waals surface area contributed by atoms with Gasteiger partial charge in [0.2, 0.25) is 10.0 Å². The third-order valence-corrected chi connectivity index (χ3v) is 5.71. The molecule has 0 bridgehead atoms. The molecule has 17 heavy (non-hydrogen) atoms. The molecule has 0 spiro atoms. The van der Waals surface area contributed by atoms with Gasteiger partial charge in [0.15, 0.2) is 0 Å². The molecule has 98 valence electrons. The van der Waals surface area contributed by atoms with E-state index >= 15 is 0 Å². The largest absolute Gasteiger partial charge is 0.395 e. The Balaban J connectivity index is 2.44. The monoisotopic (exact) mass is 277 g/mol. The normalized spacial score (nSPS) is 14.1. The van der Waals surface area contributed by atoms with Crippen molar-refractivity contribution in [2.24, 2.45) is 0 Å². The average Bonchev–Trinajstić information content (AvgIpc) is 2.79. The lowest BCUT2D eigenvalue weighted by molar-refractivity contribution is 0.214. The number of likely N-dealkylation sites (N-methyl/N-ethyl adjacent to an activating group) is 1. The van der Waals surface area contributed by atoms with Crippen molar-refractivity contribution in [1.29, 1.82) is 0 Å². The second kappa shape index (κ2) is 6.49. The highest BCUT2D eigenvalue weighted by Gasteiger charge is 2.22. The fraction of sp³-hybridized carbons (Fsp3) is 0.636. The molecular weight excluding hydrogens is 258 g/mol.